The van der Waals surface area contributed by atoms with Crippen molar-refractivity contribution in [2.75, 3.05) is 26.1 Å². The third-order valence-electron chi connectivity index (χ3n) is 5.89. The van der Waals surface area contributed by atoms with Gasteiger partial charge >= 0.3 is 0 Å². The van der Waals surface area contributed by atoms with Crippen LogP contribution in [0.2, 0.25) is 0 Å². The van der Waals surface area contributed by atoms with Gasteiger partial charge in [0, 0.05) is 0 Å². The molecule has 0 bridgehead atoms. The quantitative estimate of drug-likeness (QED) is 0.0960. The molecule has 0 rings (SSSR count). The van der Waals surface area contributed by atoms with Gasteiger partial charge in [0.1, 0.15) is 0 Å². The van der Waals surface area contributed by atoms with Gasteiger partial charge in [-0.3, -0.25) is 0 Å². The van der Waals surface area contributed by atoms with Crippen molar-refractivity contribution in [3.63, 3.8) is 0 Å². The Morgan fingerprint density at radius 2 is 0.741 bits per heavy atom. The molecule has 0 atom stereocenters. The number of rotatable bonds is 21. The fraction of sp³-hybridized carbons (Fsp3) is 1.00. The monoisotopic (exact) mass is 423 g/mol. The molecule has 27 heavy (non-hydrogen) atoms. The number of quaternary nitrogens is 1. The van der Waals surface area contributed by atoms with E-state index < -0.39 is 0 Å². The van der Waals surface area contributed by atoms with E-state index >= 15 is 0 Å². The smallest absolute Gasteiger partial charge is 0.154 e. The minimum atomic E-state index is 0. The summed E-state index contributed by atoms with van der Waals surface area (Å²) >= 11 is 6.30. The van der Waals surface area contributed by atoms with Gasteiger partial charge in [0.05, 0.1) is 20.1 Å². The van der Waals surface area contributed by atoms with Crippen molar-refractivity contribution >= 4 is 11.6 Å². The molecular weight excluding hydrogens is 373 g/mol. The van der Waals surface area contributed by atoms with Crippen LogP contribution in [-0.2, 0) is 0 Å². The summed E-state index contributed by atoms with van der Waals surface area (Å²) < 4.78 is 1.08. The SMILES string of the molecule is CCCCCCCCCCC[N+](C)(CCl)CCCCCCCCCCC.[Cl-]. The number of hydrogen-bond donors (Lipinski definition) is 0. The lowest BCUT2D eigenvalue weighted by Gasteiger charge is -2.32. The van der Waals surface area contributed by atoms with Crippen LogP contribution in [0.5, 0.6) is 0 Å². The first-order valence-corrected chi connectivity index (χ1v) is 12.6. The molecule has 0 N–H and O–H groups in total. The van der Waals surface area contributed by atoms with Crippen LogP contribution < -0.4 is 12.4 Å². The van der Waals surface area contributed by atoms with Crippen LogP contribution in [0.1, 0.15) is 129 Å². The van der Waals surface area contributed by atoms with Gasteiger partial charge in [-0.2, -0.15) is 0 Å². The lowest BCUT2D eigenvalue weighted by Crippen LogP contribution is -3.00. The van der Waals surface area contributed by atoms with E-state index in [0.29, 0.717) is 0 Å². The molecule has 0 spiro atoms. The molecule has 1 nitrogen and oxygen atoms in total. The van der Waals surface area contributed by atoms with Crippen LogP contribution in [0.3, 0.4) is 0 Å². The van der Waals surface area contributed by atoms with Crippen molar-refractivity contribution in [2.45, 2.75) is 129 Å². The zero-order chi connectivity index (χ0) is 19.3. The molecular formula is C24H51Cl2N. The topological polar surface area (TPSA) is 0 Å². The highest BCUT2D eigenvalue weighted by molar-refractivity contribution is 6.16. The molecule has 0 aliphatic heterocycles. The van der Waals surface area contributed by atoms with Crippen molar-refractivity contribution in [1.29, 1.82) is 0 Å². The standard InChI is InChI=1S/C24H51ClN.ClH/c1-4-6-8-10-12-14-16-18-20-22-26(3,24-25)23-21-19-17-15-13-11-9-7-5-2;/h4-24H2,1-3H3;1H/q+1;/p-1. The first-order chi connectivity index (χ1) is 12.7. The lowest BCUT2D eigenvalue weighted by atomic mass is 10.1. The largest absolute Gasteiger partial charge is 1.00 e. The molecule has 0 fully saturated rings. The summed E-state index contributed by atoms with van der Waals surface area (Å²) in [6.07, 6.45) is 25.4. The number of unbranched alkanes of at least 4 members (excludes halogenated alkanes) is 16. The molecule has 3 heteroatoms. The molecule has 0 saturated heterocycles. The van der Waals surface area contributed by atoms with Gasteiger partial charge in [0.2, 0.25) is 0 Å². The van der Waals surface area contributed by atoms with Gasteiger partial charge < -0.3 is 16.9 Å². The van der Waals surface area contributed by atoms with Crippen molar-refractivity contribution in [2.24, 2.45) is 0 Å². The molecule has 0 aromatic rings. The highest BCUT2D eigenvalue weighted by Gasteiger charge is 2.18. The molecule has 166 valence electrons. The second-order valence-corrected chi connectivity index (χ2v) is 9.08. The Morgan fingerprint density at radius 3 is 1.00 bits per heavy atom. The first kappa shape index (κ1) is 29.7. The van der Waals surface area contributed by atoms with E-state index in [1.165, 1.54) is 129 Å². The Labute approximate surface area is 184 Å². The van der Waals surface area contributed by atoms with Crippen LogP contribution in [0, 0.1) is 0 Å². The maximum atomic E-state index is 6.30. The van der Waals surface area contributed by atoms with Crippen LogP contribution in [0.15, 0.2) is 0 Å². The Kier molecular flexibility index (Phi) is 25.1. The van der Waals surface area contributed by atoms with Gasteiger partial charge in [0.25, 0.3) is 0 Å². The van der Waals surface area contributed by atoms with Crippen LogP contribution >= 0.6 is 11.6 Å². The van der Waals surface area contributed by atoms with Crippen molar-refractivity contribution < 1.29 is 16.9 Å². The van der Waals surface area contributed by atoms with E-state index in [4.69, 9.17) is 11.6 Å². The number of nitrogens with zero attached hydrogens (tertiary/aromatic N) is 1. The van der Waals surface area contributed by atoms with Crippen LogP contribution in [0.4, 0.5) is 0 Å². The number of alkyl halides is 1. The highest BCUT2D eigenvalue weighted by atomic mass is 35.5. The van der Waals surface area contributed by atoms with Crippen molar-refractivity contribution in [3.8, 4) is 0 Å². The second kappa shape index (κ2) is 22.8. The molecule has 0 amide bonds. The maximum Gasteiger partial charge on any atom is 0.154 e. The van der Waals surface area contributed by atoms with Crippen LogP contribution in [0.25, 0.3) is 0 Å². The highest BCUT2D eigenvalue weighted by Crippen LogP contribution is 2.15. The van der Waals surface area contributed by atoms with E-state index in [0.717, 1.165) is 10.5 Å². The summed E-state index contributed by atoms with van der Waals surface area (Å²) in [6, 6.07) is 0.786. The van der Waals surface area contributed by atoms with E-state index in [2.05, 4.69) is 20.9 Å². The van der Waals surface area contributed by atoms with E-state index in [-0.39, 0.29) is 12.4 Å². The predicted octanol–water partition coefficient (Wildman–Crippen LogP) is 5.69. The molecule has 0 radical (unpaired) electrons. The van der Waals surface area contributed by atoms with E-state index in [1.54, 1.807) is 0 Å². The summed E-state index contributed by atoms with van der Waals surface area (Å²) in [5.41, 5.74) is 0. The molecule has 0 aliphatic carbocycles. The predicted molar refractivity (Wildman–Crippen MR) is 121 cm³/mol. The molecule has 0 aromatic heterocycles. The lowest BCUT2D eigenvalue weighted by molar-refractivity contribution is -0.899. The summed E-state index contributed by atoms with van der Waals surface area (Å²) in [5, 5.41) is 0. The maximum absolute atomic E-state index is 6.30. The van der Waals surface area contributed by atoms with Gasteiger partial charge in [-0.25, -0.2) is 0 Å². The van der Waals surface area contributed by atoms with Crippen LogP contribution in [-0.4, -0.2) is 30.6 Å². The average Bonchev–Trinajstić information content (AvgIpc) is 2.65. The minimum absolute atomic E-state index is 0. The summed E-state index contributed by atoms with van der Waals surface area (Å²) in [4.78, 5) is 0. The zero-order valence-corrected chi connectivity index (χ0v) is 20.6. The molecule has 0 aromatic carbocycles. The summed E-state index contributed by atoms with van der Waals surface area (Å²) in [7, 11) is 2.36. The van der Waals surface area contributed by atoms with Crippen molar-refractivity contribution in [3.05, 3.63) is 0 Å². The normalized spacial score (nSPS) is 11.6. The fourth-order valence-electron chi connectivity index (χ4n) is 3.84. The fourth-order valence-corrected chi connectivity index (χ4v) is 4.08. The number of halogens is 2. The Morgan fingerprint density at radius 1 is 0.481 bits per heavy atom. The Hall–Kier alpha value is 0.540. The Bertz CT molecular complexity index is 249. The third-order valence-corrected chi connectivity index (χ3v) is 6.47. The molecule has 0 heterocycles. The molecule has 0 aliphatic rings. The Balaban J connectivity index is 0. The van der Waals surface area contributed by atoms with Gasteiger partial charge in [-0.15, -0.1) is 0 Å². The third kappa shape index (κ3) is 21.1. The minimum Gasteiger partial charge on any atom is -1.00 e. The van der Waals surface area contributed by atoms with Crippen molar-refractivity contribution in [1.82, 2.24) is 0 Å². The summed E-state index contributed by atoms with van der Waals surface area (Å²) in [5.74, 6) is 0. The van der Waals surface area contributed by atoms with Gasteiger partial charge in [-0.1, -0.05) is 115 Å². The first-order valence-electron chi connectivity index (χ1n) is 12.1. The zero-order valence-electron chi connectivity index (χ0n) is 19.1. The summed E-state index contributed by atoms with van der Waals surface area (Å²) in [6.45, 7) is 7.13. The van der Waals surface area contributed by atoms with Gasteiger partial charge in [0.15, 0.2) is 6.00 Å². The average molecular weight is 425 g/mol. The van der Waals surface area contributed by atoms with E-state index in [1.807, 2.05) is 0 Å². The molecule has 0 unspecified atom stereocenters. The number of hydrogen-bond acceptors (Lipinski definition) is 0. The molecule has 0 saturated carbocycles. The van der Waals surface area contributed by atoms with Gasteiger partial charge in [-0.05, 0) is 25.7 Å². The second-order valence-electron chi connectivity index (χ2n) is 8.84. The van der Waals surface area contributed by atoms with E-state index in [9.17, 15) is 0 Å².